The molecular weight excluding hydrogens is 206 g/mol. The molecule has 1 aromatic carbocycles. The van der Waals surface area contributed by atoms with Gasteiger partial charge in [0, 0.05) is 12.6 Å². The molecule has 17 heavy (non-hydrogen) atoms. The van der Waals surface area contributed by atoms with E-state index in [0.717, 1.165) is 6.54 Å². The van der Waals surface area contributed by atoms with Crippen LogP contribution in [0, 0.1) is 5.41 Å². The molecule has 96 valence electrons. The fourth-order valence-electron chi connectivity index (χ4n) is 1.80. The van der Waals surface area contributed by atoms with E-state index in [-0.39, 0.29) is 0 Å². The summed E-state index contributed by atoms with van der Waals surface area (Å²) >= 11 is 0. The molecule has 0 bridgehead atoms. The first-order valence-electron chi connectivity index (χ1n) is 6.68. The van der Waals surface area contributed by atoms with Gasteiger partial charge in [-0.15, -0.1) is 0 Å². The average Bonchev–Trinajstić information content (AvgIpc) is 2.23. The summed E-state index contributed by atoms with van der Waals surface area (Å²) in [5.41, 5.74) is 3.36. The van der Waals surface area contributed by atoms with Crippen molar-refractivity contribution in [3.05, 3.63) is 35.4 Å². The molecule has 1 nitrogen and oxygen atoms in total. The number of rotatable bonds is 5. The molecule has 1 aromatic rings. The van der Waals surface area contributed by atoms with Crippen molar-refractivity contribution in [3.63, 3.8) is 0 Å². The Kier molecular flexibility index (Phi) is 5.20. The van der Waals surface area contributed by atoms with E-state index >= 15 is 0 Å². The first-order chi connectivity index (χ1) is 7.88. The van der Waals surface area contributed by atoms with Crippen molar-refractivity contribution in [2.45, 2.75) is 60.0 Å². The lowest BCUT2D eigenvalue weighted by atomic mass is 9.87. The molecule has 0 aromatic heterocycles. The molecule has 0 aliphatic carbocycles. The molecule has 0 amide bonds. The topological polar surface area (TPSA) is 12.0 Å². The predicted octanol–water partition coefficient (Wildman–Crippen LogP) is 4.16. The third-order valence-corrected chi connectivity index (χ3v) is 2.96. The maximum absolute atomic E-state index is 3.50. The molecule has 0 radical (unpaired) electrons. The number of nitrogens with one attached hydrogen (secondary N) is 1. The quantitative estimate of drug-likeness (QED) is 0.805. The Labute approximate surface area is 107 Å². The third kappa shape index (κ3) is 5.88. The second kappa shape index (κ2) is 6.20. The molecular formula is C16H27N. The molecule has 0 spiro atoms. The van der Waals surface area contributed by atoms with E-state index in [1.165, 1.54) is 24.0 Å². The minimum absolute atomic E-state index is 0.415. The first-order valence-corrected chi connectivity index (χ1v) is 6.68. The van der Waals surface area contributed by atoms with Gasteiger partial charge in [0.25, 0.3) is 0 Å². The van der Waals surface area contributed by atoms with Crippen LogP contribution in [0.2, 0.25) is 0 Å². The monoisotopic (exact) mass is 233 g/mol. The SMILES string of the molecule is CC(C)NCc1ccccc1CCC(C)(C)C. The van der Waals surface area contributed by atoms with E-state index in [4.69, 9.17) is 0 Å². The van der Waals surface area contributed by atoms with Crippen LogP contribution in [0.25, 0.3) is 0 Å². The van der Waals surface area contributed by atoms with Crippen LogP contribution >= 0.6 is 0 Å². The van der Waals surface area contributed by atoms with Crippen LogP contribution in [0.4, 0.5) is 0 Å². The zero-order chi connectivity index (χ0) is 12.9. The Balaban J connectivity index is 2.64. The molecule has 0 atom stereocenters. The standard InChI is InChI=1S/C16H27N/c1-13(2)17-12-15-9-7-6-8-14(15)10-11-16(3,4)5/h6-9,13,17H,10-12H2,1-5H3. The van der Waals surface area contributed by atoms with Crippen molar-refractivity contribution in [2.24, 2.45) is 5.41 Å². The lowest BCUT2D eigenvalue weighted by Crippen LogP contribution is -2.22. The van der Waals surface area contributed by atoms with Crippen molar-refractivity contribution >= 4 is 0 Å². The Bertz CT molecular complexity index is 334. The summed E-state index contributed by atoms with van der Waals surface area (Å²) in [6, 6.07) is 9.34. The summed E-state index contributed by atoms with van der Waals surface area (Å²) in [6.07, 6.45) is 2.42. The van der Waals surface area contributed by atoms with Crippen LogP contribution in [0.1, 0.15) is 52.2 Å². The van der Waals surface area contributed by atoms with Gasteiger partial charge in [0.2, 0.25) is 0 Å². The molecule has 0 aliphatic heterocycles. The minimum atomic E-state index is 0.415. The van der Waals surface area contributed by atoms with E-state index < -0.39 is 0 Å². The first kappa shape index (κ1) is 14.2. The molecule has 0 saturated heterocycles. The van der Waals surface area contributed by atoms with Crippen molar-refractivity contribution in [1.29, 1.82) is 0 Å². The van der Waals surface area contributed by atoms with Gasteiger partial charge >= 0.3 is 0 Å². The van der Waals surface area contributed by atoms with Crippen LogP contribution < -0.4 is 5.32 Å². The van der Waals surface area contributed by atoms with E-state index in [1.54, 1.807) is 0 Å². The number of hydrogen-bond acceptors (Lipinski definition) is 1. The van der Waals surface area contributed by atoms with Gasteiger partial charge in [-0.2, -0.15) is 0 Å². The Morgan fingerprint density at radius 3 is 2.18 bits per heavy atom. The minimum Gasteiger partial charge on any atom is -0.310 e. The lowest BCUT2D eigenvalue weighted by molar-refractivity contribution is 0.377. The molecule has 1 heteroatoms. The summed E-state index contributed by atoms with van der Waals surface area (Å²) in [4.78, 5) is 0. The summed E-state index contributed by atoms with van der Waals surface area (Å²) in [5, 5.41) is 3.50. The third-order valence-electron chi connectivity index (χ3n) is 2.96. The summed E-state index contributed by atoms with van der Waals surface area (Å²) in [6.45, 7) is 12.3. The van der Waals surface area contributed by atoms with Crippen LogP contribution in [0.5, 0.6) is 0 Å². The van der Waals surface area contributed by atoms with Crippen molar-refractivity contribution in [2.75, 3.05) is 0 Å². The average molecular weight is 233 g/mol. The molecule has 0 aliphatic rings. The van der Waals surface area contributed by atoms with Gasteiger partial charge in [-0.3, -0.25) is 0 Å². The zero-order valence-electron chi connectivity index (χ0n) is 12.0. The molecule has 1 N–H and O–H groups in total. The van der Waals surface area contributed by atoms with E-state index in [9.17, 15) is 0 Å². The highest BCUT2D eigenvalue weighted by Gasteiger charge is 2.11. The fraction of sp³-hybridized carbons (Fsp3) is 0.625. The van der Waals surface area contributed by atoms with Gasteiger partial charge in [0.05, 0.1) is 0 Å². The van der Waals surface area contributed by atoms with Crippen LogP contribution in [0.3, 0.4) is 0 Å². The highest BCUT2D eigenvalue weighted by molar-refractivity contribution is 5.27. The molecule has 0 heterocycles. The predicted molar refractivity (Wildman–Crippen MR) is 76.2 cm³/mol. The van der Waals surface area contributed by atoms with Gasteiger partial charge < -0.3 is 5.32 Å². The summed E-state index contributed by atoms with van der Waals surface area (Å²) in [7, 11) is 0. The Morgan fingerprint density at radius 1 is 1.06 bits per heavy atom. The van der Waals surface area contributed by atoms with Crippen LogP contribution in [-0.4, -0.2) is 6.04 Å². The van der Waals surface area contributed by atoms with Gasteiger partial charge in [-0.25, -0.2) is 0 Å². The number of benzene rings is 1. The maximum Gasteiger partial charge on any atom is 0.0210 e. The highest BCUT2D eigenvalue weighted by Crippen LogP contribution is 2.22. The van der Waals surface area contributed by atoms with Crippen LogP contribution in [-0.2, 0) is 13.0 Å². The Morgan fingerprint density at radius 2 is 1.65 bits per heavy atom. The van der Waals surface area contributed by atoms with Gasteiger partial charge in [0.1, 0.15) is 0 Å². The smallest absolute Gasteiger partial charge is 0.0210 e. The Hall–Kier alpha value is -0.820. The number of hydrogen-bond donors (Lipinski definition) is 1. The fourth-order valence-corrected chi connectivity index (χ4v) is 1.80. The van der Waals surface area contributed by atoms with Crippen molar-refractivity contribution < 1.29 is 0 Å². The maximum atomic E-state index is 3.50. The molecule has 0 unspecified atom stereocenters. The van der Waals surface area contributed by atoms with Crippen molar-refractivity contribution in [1.82, 2.24) is 5.32 Å². The van der Waals surface area contributed by atoms with E-state index in [1.807, 2.05) is 0 Å². The second-order valence-electron chi connectivity index (χ2n) is 6.36. The highest BCUT2D eigenvalue weighted by atomic mass is 14.9. The zero-order valence-corrected chi connectivity index (χ0v) is 12.0. The molecule has 1 rings (SSSR count). The number of aryl methyl sites for hydroxylation is 1. The van der Waals surface area contributed by atoms with Gasteiger partial charge in [-0.05, 0) is 29.4 Å². The normalized spacial score (nSPS) is 12.1. The lowest BCUT2D eigenvalue weighted by Gasteiger charge is -2.19. The molecule has 0 saturated carbocycles. The van der Waals surface area contributed by atoms with Crippen LogP contribution in [0.15, 0.2) is 24.3 Å². The van der Waals surface area contributed by atoms with Gasteiger partial charge in [0.15, 0.2) is 0 Å². The van der Waals surface area contributed by atoms with E-state index in [0.29, 0.717) is 11.5 Å². The van der Waals surface area contributed by atoms with Gasteiger partial charge in [-0.1, -0.05) is 58.9 Å². The summed E-state index contributed by atoms with van der Waals surface area (Å²) in [5.74, 6) is 0. The summed E-state index contributed by atoms with van der Waals surface area (Å²) < 4.78 is 0. The van der Waals surface area contributed by atoms with E-state index in [2.05, 4.69) is 64.2 Å². The molecule has 0 fully saturated rings. The van der Waals surface area contributed by atoms with Crippen molar-refractivity contribution in [3.8, 4) is 0 Å². The largest absolute Gasteiger partial charge is 0.310 e. The second-order valence-corrected chi connectivity index (χ2v) is 6.36.